The van der Waals surface area contributed by atoms with Crippen molar-refractivity contribution < 1.29 is 0 Å². The van der Waals surface area contributed by atoms with Gasteiger partial charge < -0.3 is 5.32 Å². The summed E-state index contributed by atoms with van der Waals surface area (Å²) in [5.41, 5.74) is 4.46. The standard InChI is InChI=1S/C20H29N/c1-2-16-8-10-17(11-9-16)14-19(15-21-20-12-13-20)18-6-4-3-5-7-18/h8-11,14,18,20-21H,2-7,12-13,15H2,1H3/b19-14-. The first-order valence-electron chi connectivity index (χ1n) is 8.88. The van der Waals surface area contributed by atoms with Crippen LogP contribution in [0.5, 0.6) is 0 Å². The Labute approximate surface area is 129 Å². The van der Waals surface area contributed by atoms with E-state index in [0.717, 1.165) is 24.9 Å². The van der Waals surface area contributed by atoms with Gasteiger partial charge in [0, 0.05) is 12.6 Å². The topological polar surface area (TPSA) is 12.0 Å². The monoisotopic (exact) mass is 283 g/mol. The van der Waals surface area contributed by atoms with Gasteiger partial charge in [0.2, 0.25) is 0 Å². The minimum absolute atomic E-state index is 0.805. The molecule has 1 N–H and O–H groups in total. The first kappa shape index (κ1) is 14.8. The number of nitrogens with one attached hydrogen (secondary N) is 1. The van der Waals surface area contributed by atoms with Gasteiger partial charge in [-0.3, -0.25) is 0 Å². The van der Waals surface area contributed by atoms with Crippen LogP contribution < -0.4 is 5.32 Å². The molecule has 3 rings (SSSR count). The van der Waals surface area contributed by atoms with Gasteiger partial charge in [0.1, 0.15) is 0 Å². The molecular weight excluding hydrogens is 254 g/mol. The van der Waals surface area contributed by atoms with E-state index in [0.29, 0.717) is 0 Å². The van der Waals surface area contributed by atoms with Gasteiger partial charge in [-0.25, -0.2) is 0 Å². The maximum absolute atomic E-state index is 3.73. The summed E-state index contributed by atoms with van der Waals surface area (Å²) in [6.07, 6.45) is 13.4. The molecule has 0 saturated heterocycles. The van der Waals surface area contributed by atoms with Crippen LogP contribution in [0.1, 0.15) is 63.0 Å². The predicted octanol–water partition coefficient (Wildman–Crippen LogP) is 4.96. The molecule has 2 saturated carbocycles. The van der Waals surface area contributed by atoms with E-state index in [1.807, 2.05) is 0 Å². The lowest BCUT2D eigenvalue weighted by Gasteiger charge is -2.25. The zero-order valence-corrected chi connectivity index (χ0v) is 13.4. The van der Waals surface area contributed by atoms with Gasteiger partial charge >= 0.3 is 0 Å². The van der Waals surface area contributed by atoms with E-state index < -0.39 is 0 Å². The summed E-state index contributed by atoms with van der Waals surface area (Å²) >= 11 is 0. The van der Waals surface area contributed by atoms with Crippen LogP contribution in [0.15, 0.2) is 29.8 Å². The third-order valence-corrected chi connectivity index (χ3v) is 5.04. The Kier molecular flexibility index (Phi) is 5.13. The molecule has 0 heterocycles. The molecule has 2 aliphatic carbocycles. The minimum Gasteiger partial charge on any atom is -0.310 e. The van der Waals surface area contributed by atoms with Gasteiger partial charge in [0.05, 0.1) is 0 Å². The summed E-state index contributed by atoms with van der Waals surface area (Å²) in [4.78, 5) is 0. The second-order valence-electron chi connectivity index (χ2n) is 6.80. The molecule has 1 nitrogen and oxygen atoms in total. The molecule has 0 radical (unpaired) electrons. The van der Waals surface area contributed by atoms with E-state index in [-0.39, 0.29) is 0 Å². The van der Waals surface area contributed by atoms with Crippen molar-refractivity contribution in [3.63, 3.8) is 0 Å². The molecule has 1 aromatic rings. The Hall–Kier alpha value is -1.08. The van der Waals surface area contributed by atoms with E-state index in [1.165, 1.54) is 56.1 Å². The average molecular weight is 283 g/mol. The second-order valence-corrected chi connectivity index (χ2v) is 6.80. The second kappa shape index (κ2) is 7.26. The molecule has 0 spiro atoms. The molecule has 0 bridgehead atoms. The van der Waals surface area contributed by atoms with Gasteiger partial charge in [-0.1, -0.05) is 62.1 Å². The Morgan fingerprint density at radius 1 is 1.05 bits per heavy atom. The van der Waals surface area contributed by atoms with Crippen molar-refractivity contribution in [3.8, 4) is 0 Å². The van der Waals surface area contributed by atoms with Crippen molar-refractivity contribution in [1.29, 1.82) is 0 Å². The molecule has 0 amide bonds. The lowest BCUT2D eigenvalue weighted by Crippen LogP contribution is -2.24. The van der Waals surface area contributed by atoms with E-state index >= 15 is 0 Å². The van der Waals surface area contributed by atoms with Crippen molar-refractivity contribution in [1.82, 2.24) is 5.32 Å². The van der Waals surface area contributed by atoms with E-state index in [2.05, 4.69) is 42.6 Å². The fourth-order valence-corrected chi connectivity index (χ4v) is 3.40. The molecule has 0 aromatic heterocycles. The molecule has 1 heteroatoms. The molecular formula is C20H29N. The van der Waals surface area contributed by atoms with Crippen LogP contribution in [0, 0.1) is 5.92 Å². The number of rotatable bonds is 6. The SMILES string of the molecule is CCc1ccc(/C=C(/CNC2CC2)C2CCCCC2)cc1. The minimum atomic E-state index is 0.805. The predicted molar refractivity (Wildman–Crippen MR) is 91.4 cm³/mol. The van der Waals surface area contributed by atoms with Gasteiger partial charge in [0.25, 0.3) is 0 Å². The zero-order chi connectivity index (χ0) is 14.5. The van der Waals surface area contributed by atoms with Crippen molar-refractivity contribution in [2.24, 2.45) is 5.92 Å². The summed E-state index contributed by atoms with van der Waals surface area (Å²) in [5.74, 6) is 0.816. The summed E-state index contributed by atoms with van der Waals surface area (Å²) in [7, 11) is 0. The van der Waals surface area contributed by atoms with Gasteiger partial charge in [0.15, 0.2) is 0 Å². The van der Waals surface area contributed by atoms with Crippen molar-refractivity contribution in [2.75, 3.05) is 6.54 Å². The maximum atomic E-state index is 3.73. The van der Waals surface area contributed by atoms with Crippen molar-refractivity contribution >= 4 is 6.08 Å². The maximum Gasteiger partial charge on any atom is 0.0173 e. The van der Waals surface area contributed by atoms with E-state index in [1.54, 1.807) is 5.57 Å². The van der Waals surface area contributed by atoms with Gasteiger partial charge in [-0.2, -0.15) is 0 Å². The normalized spacial score (nSPS) is 20.7. The summed E-state index contributed by atoms with van der Waals surface area (Å²) in [6, 6.07) is 9.94. The van der Waals surface area contributed by atoms with Crippen LogP contribution in [0.4, 0.5) is 0 Å². The Morgan fingerprint density at radius 3 is 2.38 bits per heavy atom. The summed E-state index contributed by atoms with van der Waals surface area (Å²) < 4.78 is 0. The zero-order valence-electron chi connectivity index (χ0n) is 13.4. The van der Waals surface area contributed by atoms with Crippen LogP contribution in [0.25, 0.3) is 6.08 Å². The van der Waals surface area contributed by atoms with E-state index in [9.17, 15) is 0 Å². The Bertz CT molecular complexity index is 461. The van der Waals surface area contributed by atoms with Crippen LogP contribution in [0.3, 0.4) is 0 Å². The van der Waals surface area contributed by atoms with Crippen LogP contribution in [-0.2, 0) is 6.42 Å². The lowest BCUT2D eigenvalue weighted by molar-refractivity contribution is 0.396. The highest BCUT2D eigenvalue weighted by Gasteiger charge is 2.23. The van der Waals surface area contributed by atoms with Crippen LogP contribution in [-0.4, -0.2) is 12.6 Å². The molecule has 2 fully saturated rings. The van der Waals surface area contributed by atoms with Gasteiger partial charge in [-0.15, -0.1) is 0 Å². The number of aryl methyl sites for hydroxylation is 1. The Balaban J connectivity index is 1.72. The molecule has 1 aromatic carbocycles. The fourth-order valence-electron chi connectivity index (χ4n) is 3.40. The fraction of sp³-hybridized carbons (Fsp3) is 0.600. The lowest BCUT2D eigenvalue weighted by atomic mass is 9.83. The summed E-state index contributed by atoms with van der Waals surface area (Å²) in [5, 5.41) is 3.73. The number of hydrogen-bond donors (Lipinski definition) is 1. The molecule has 0 unspecified atom stereocenters. The van der Waals surface area contributed by atoms with Gasteiger partial charge in [-0.05, 0) is 49.1 Å². The smallest absolute Gasteiger partial charge is 0.0173 e. The Morgan fingerprint density at radius 2 is 1.76 bits per heavy atom. The number of hydrogen-bond acceptors (Lipinski definition) is 1. The molecule has 21 heavy (non-hydrogen) atoms. The largest absolute Gasteiger partial charge is 0.310 e. The highest BCUT2D eigenvalue weighted by molar-refractivity contribution is 5.54. The molecule has 0 aliphatic heterocycles. The van der Waals surface area contributed by atoms with Crippen LogP contribution in [0.2, 0.25) is 0 Å². The highest BCUT2D eigenvalue weighted by Crippen LogP contribution is 2.31. The first-order valence-corrected chi connectivity index (χ1v) is 8.88. The van der Waals surface area contributed by atoms with Crippen LogP contribution >= 0.6 is 0 Å². The van der Waals surface area contributed by atoms with Crippen molar-refractivity contribution in [3.05, 3.63) is 41.0 Å². The summed E-state index contributed by atoms with van der Waals surface area (Å²) in [6.45, 7) is 3.32. The average Bonchev–Trinajstić information content (AvgIpc) is 3.37. The third-order valence-electron chi connectivity index (χ3n) is 5.04. The molecule has 114 valence electrons. The highest BCUT2D eigenvalue weighted by atomic mass is 14.9. The van der Waals surface area contributed by atoms with Crippen molar-refractivity contribution in [2.45, 2.75) is 64.3 Å². The number of benzene rings is 1. The molecule has 2 aliphatic rings. The quantitative estimate of drug-likeness (QED) is 0.777. The van der Waals surface area contributed by atoms with E-state index in [4.69, 9.17) is 0 Å². The third kappa shape index (κ3) is 4.44. The molecule has 0 atom stereocenters. The first-order chi connectivity index (χ1) is 10.3.